The largest absolute Gasteiger partial charge is 0.331 e. The number of nitrogens with two attached hydrogens (primary N) is 1. The van der Waals surface area contributed by atoms with Gasteiger partial charge in [-0.3, -0.25) is 4.90 Å². The van der Waals surface area contributed by atoms with E-state index in [0.717, 1.165) is 17.8 Å². The van der Waals surface area contributed by atoms with Gasteiger partial charge in [-0.05, 0) is 38.4 Å². The SMILES string of the molecule is CC(Cn1cncc1C(N)c1ccccc1)N1CCCC1. The molecule has 1 aromatic heterocycles. The van der Waals surface area contributed by atoms with Crippen LogP contribution in [0.4, 0.5) is 0 Å². The van der Waals surface area contributed by atoms with Crippen LogP contribution >= 0.6 is 0 Å². The number of hydrogen-bond acceptors (Lipinski definition) is 3. The maximum atomic E-state index is 6.42. The molecule has 0 spiro atoms. The van der Waals surface area contributed by atoms with Crippen LogP contribution in [-0.4, -0.2) is 33.6 Å². The van der Waals surface area contributed by atoms with Crippen LogP contribution in [0, 0.1) is 0 Å². The molecular weight excluding hydrogens is 260 g/mol. The van der Waals surface area contributed by atoms with Gasteiger partial charge in [0.25, 0.3) is 0 Å². The molecule has 21 heavy (non-hydrogen) atoms. The van der Waals surface area contributed by atoms with Gasteiger partial charge in [0.2, 0.25) is 0 Å². The van der Waals surface area contributed by atoms with Gasteiger partial charge in [-0.15, -0.1) is 0 Å². The van der Waals surface area contributed by atoms with Gasteiger partial charge in [0.05, 0.1) is 24.3 Å². The van der Waals surface area contributed by atoms with E-state index in [1.807, 2.05) is 30.7 Å². The molecule has 112 valence electrons. The molecule has 1 aromatic carbocycles. The maximum absolute atomic E-state index is 6.42. The summed E-state index contributed by atoms with van der Waals surface area (Å²) in [6.45, 7) is 5.69. The van der Waals surface area contributed by atoms with Crippen molar-refractivity contribution in [1.82, 2.24) is 14.5 Å². The minimum absolute atomic E-state index is 0.112. The lowest BCUT2D eigenvalue weighted by Gasteiger charge is -2.25. The lowest BCUT2D eigenvalue weighted by Crippen LogP contribution is -2.34. The predicted octanol–water partition coefficient (Wildman–Crippen LogP) is 2.42. The zero-order valence-electron chi connectivity index (χ0n) is 12.7. The molecular formula is C17H24N4. The third kappa shape index (κ3) is 3.17. The minimum atomic E-state index is -0.112. The molecule has 2 unspecified atom stereocenters. The van der Waals surface area contributed by atoms with Gasteiger partial charge in [0.15, 0.2) is 0 Å². The number of imidazole rings is 1. The summed E-state index contributed by atoms with van der Waals surface area (Å²) in [5, 5.41) is 0. The Labute approximate surface area is 126 Å². The highest BCUT2D eigenvalue weighted by Crippen LogP contribution is 2.20. The Kier molecular flexibility index (Phi) is 4.36. The van der Waals surface area contributed by atoms with Gasteiger partial charge in [-0.2, -0.15) is 0 Å². The van der Waals surface area contributed by atoms with Crippen LogP contribution in [0.5, 0.6) is 0 Å². The number of hydrogen-bond donors (Lipinski definition) is 1. The maximum Gasteiger partial charge on any atom is 0.0949 e. The number of benzene rings is 1. The summed E-state index contributed by atoms with van der Waals surface area (Å²) in [6, 6.07) is 10.6. The second kappa shape index (κ2) is 6.41. The van der Waals surface area contributed by atoms with Gasteiger partial charge < -0.3 is 10.3 Å². The standard InChI is InChI=1S/C17H24N4/c1-14(20-9-5-6-10-20)12-21-13-19-11-16(21)17(18)15-7-3-2-4-8-15/h2-4,7-8,11,13-14,17H,5-6,9-10,12,18H2,1H3. The first-order valence-electron chi connectivity index (χ1n) is 7.80. The van der Waals surface area contributed by atoms with Crippen LogP contribution in [0.25, 0.3) is 0 Å². The summed E-state index contributed by atoms with van der Waals surface area (Å²) in [5.74, 6) is 0. The molecule has 4 heteroatoms. The molecule has 1 aliphatic heterocycles. The molecule has 2 N–H and O–H groups in total. The van der Waals surface area contributed by atoms with E-state index in [0.29, 0.717) is 6.04 Å². The smallest absolute Gasteiger partial charge is 0.0949 e. The summed E-state index contributed by atoms with van der Waals surface area (Å²) in [7, 11) is 0. The fourth-order valence-corrected chi connectivity index (χ4v) is 3.16. The topological polar surface area (TPSA) is 47.1 Å². The summed E-state index contributed by atoms with van der Waals surface area (Å²) in [6.07, 6.45) is 6.45. The van der Waals surface area contributed by atoms with Gasteiger partial charge in [0, 0.05) is 12.6 Å². The van der Waals surface area contributed by atoms with Gasteiger partial charge in [-0.1, -0.05) is 30.3 Å². The van der Waals surface area contributed by atoms with Crippen molar-refractivity contribution in [2.45, 2.75) is 38.4 Å². The molecule has 0 bridgehead atoms. The zero-order chi connectivity index (χ0) is 14.7. The van der Waals surface area contributed by atoms with E-state index >= 15 is 0 Å². The monoisotopic (exact) mass is 284 g/mol. The number of likely N-dealkylation sites (tertiary alicyclic amines) is 1. The first kappa shape index (κ1) is 14.3. The summed E-state index contributed by atoms with van der Waals surface area (Å²) in [4.78, 5) is 6.87. The van der Waals surface area contributed by atoms with E-state index in [2.05, 4.69) is 33.5 Å². The highest BCUT2D eigenvalue weighted by atomic mass is 15.2. The lowest BCUT2D eigenvalue weighted by molar-refractivity contribution is 0.234. The fraction of sp³-hybridized carbons (Fsp3) is 0.471. The Morgan fingerprint density at radius 2 is 1.90 bits per heavy atom. The molecule has 0 saturated carbocycles. The summed E-state index contributed by atoms with van der Waals surface area (Å²) in [5.41, 5.74) is 8.64. The molecule has 0 amide bonds. The van der Waals surface area contributed by atoms with E-state index in [9.17, 15) is 0 Å². The Hall–Kier alpha value is -1.65. The number of aromatic nitrogens is 2. The van der Waals surface area contributed by atoms with E-state index in [-0.39, 0.29) is 6.04 Å². The van der Waals surface area contributed by atoms with Crippen LogP contribution in [0.1, 0.15) is 37.1 Å². The first-order chi connectivity index (χ1) is 10.3. The Morgan fingerprint density at radius 3 is 2.62 bits per heavy atom. The summed E-state index contributed by atoms with van der Waals surface area (Å²) >= 11 is 0. The van der Waals surface area contributed by atoms with Crippen LogP contribution in [0.2, 0.25) is 0 Å². The van der Waals surface area contributed by atoms with Crippen molar-refractivity contribution < 1.29 is 0 Å². The van der Waals surface area contributed by atoms with E-state index in [1.54, 1.807) is 0 Å². The molecule has 1 fully saturated rings. The Balaban J connectivity index is 1.74. The van der Waals surface area contributed by atoms with Crippen LogP contribution < -0.4 is 5.73 Å². The Bertz CT molecular complexity index is 557. The second-order valence-corrected chi connectivity index (χ2v) is 5.95. The van der Waals surface area contributed by atoms with Crippen molar-refractivity contribution in [3.05, 3.63) is 54.1 Å². The number of nitrogens with zero attached hydrogens (tertiary/aromatic N) is 3. The van der Waals surface area contributed by atoms with Gasteiger partial charge in [0.1, 0.15) is 0 Å². The highest BCUT2D eigenvalue weighted by molar-refractivity contribution is 5.26. The molecule has 4 nitrogen and oxygen atoms in total. The second-order valence-electron chi connectivity index (χ2n) is 5.95. The molecule has 2 atom stereocenters. The average molecular weight is 284 g/mol. The van der Waals surface area contributed by atoms with Crippen molar-refractivity contribution in [3.63, 3.8) is 0 Å². The van der Waals surface area contributed by atoms with Gasteiger partial charge in [-0.25, -0.2) is 4.98 Å². The summed E-state index contributed by atoms with van der Waals surface area (Å²) < 4.78 is 2.21. The number of rotatable bonds is 5. The molecule has 2 heterocycles. The van der Waals surface area contributed by atoms with Crippen LogP contribution in [-0.2, 0) is 6.54 Å². The van der Waals surface area contributed by atoms with E-state index in [4.69, 9.17) is 5.73 Å². The predicted molar refractivity (Wildman–Crippen MR) is 85.0 cm³/mol. The van der Waals surface area contributed by atoms with Crippen LogP contribution in [0.3, 0.4) is 0 Å². The minimum Gasteiger partial charge on any atom is -0.331 e. The van der Waals surface area contributed by atoms with Crippen molar-refractivity contribution in [2.75, 3.05) is 13.1 Å². The fourth-order valence-electron chi connectivity index (χ4n) is 3.16. The molecule has 1 aliphatic rings. The molecule has 1 saturated heterocycles. The zero-order valence-corrected chi connectivity index (χ0v) is 12.7. The van der Waals surface area contributed by atoms with Crippen molar-refractivity contribution >= 4 is 0 Å². The Morgan fingerprint density at radius 1 is 1.19 bits per heavy atom. The molecule has 2 aromatic rings. The van der Waals surface area contributed by atoms with Crippen molar-refractivity contribution in [3.8, 4) is 0 Å². The lowest BCUT2D eigenvalue weighted by atomic mass is 10.1. The molecule has 3 rings (SSSR count). The molecule has 0 radical (unpaired) electrons. The normalized spacial score (nSPS) is 18.8. The van der Waals surface area contributed by atoms with Crippen molar-refractivity contribution in [2.24, 2.45) is 5.73 Å². The first-order valence-corrected chi connectivity index (χ1v) is 7.80. The van der Waals surface area contributed by atoms with E-state index < -0.39 is 0 Å². The van der Waals surface area contributed by atoms with Gasteiger partial charge >= 0.3 is 0 Å². The molecule has 0 aliphatic carbocycles. The third-order valence-electron chi connectivity index (χ3n) is 4.45. The highest BCUT2D eigenvalue weighted by Gasteiger charge is 2.20. The third-order valence-corrected chi connectivity index (χ3v) is 4.45. The van der Waals surface area contributed by atoms with E-state index in [1.165, 1.54) is 25.9 Å². The van der Waals surface area contributed by atoms with Crippen LogP contribution in [0.15, 0.2) is 42.9 Å². The van der Waals surface area contributed by atoms with Crippen molar-refractivity contribution in [1.29, 1.82) is 0 Å². The quantitative estimate of drug-likeness (QED) is 0.917. The average Bonchev–Trinajstić information content (AvgIpc) is 3.19.